The third-order valence-corrected chi connectivity index (χ3v) is 6.89. The van der Waals surface area contributed by atoms with Crippen molar-refractivity contribution in [3.8, 4) is 11.1 Å². The molecule has 0 spiro atoms. The predicted molar refractivity (Wildman–Crippen MR) is 127 cm³/mol. The van der Waals surface area contributed by atoms with Crippen LogP contribution in [0.25, 0.3) is 22.8 Å². The van der Waals surface area contributed by atoms with Gasteiger partial charge in [0.1, 0.15) is 5.82 Å². The molecule has 1 aliphatic rings. The summed E-state index contributed by atoms with van der Waals surface area (Å²) >= 11 is 0. The minimum absolute atomic E-state index is 0.317. The van der Waals surface area contributed by atoms with Gasteiger partial charge >= 0.3 is 0 Å². The summed E-state index contributed by atoms with van der Waals surface area (Å²) in [4.78, 5) is 0. The first kappa shape index (κ1) is 25.1. The molecule has 35 heavy (non-hydrogen) atoms. The zero-order chi connectivity index (χ0) is 25.1. The summed E-state index contributed by atoms with van der Waals surface area (Å²) in [5, 5.41) is 0. The lowest BCUT2D eigenvalue weighted by Crippen LogP contribution is -2.13. The number of benzene rings is 3. The highest BCUT2D eigenvalue weighted by Crippen LogP contribution is 2.38. The maximum atomic E-state index is 14.7. The van der Waals surface area contributed by atoms with Gasteiger partial charge in [-0.05, 0) is 78.5 Å². The van der Waals surface area contributed by atoms with Gasteiger partial charge in [0.2, 0.25) is 0 Å². The smallest absolute Gasteiger partial charge is 0.194 e. The summed E-state index contributed by atoms with van der Waals surface area (Å²) in [5.74, 6) is -8.16. The van der Waals surface area contributed by atoms with Gasteiger partial charge in [0.05, 0.1) is 0 Å². The lowest BCUT2D eigenvalue weighted by molar-refractivity contribution is 0.308. The van der Waals surface area contributed by atoms with Gasteiger partial charge in [0, 0.05) is 11.1 Å². The van der Waals surface area contributed by atoms with Crippen LogP contribution in [0.15, 0.2) is 54.6 Å². The van der Waals surface area contributed by atoms with Gasteiger partial charge in [-0.1, -0.05) is 50.1 Å². The van der Waals surface area contributed by atoms with Gasteiger partial charge in [-0.25, -0.2) is 26.3 Å². The molecule has 184 valence electrons. The molecule has 3 aromatic carbocycles. The van der Waals surface area contributed by atoms with Crippen molar-refractivity contribution < 1.29 is 26.3 Å². The fourth-order valence-electron chi connectivity index (χ4n) is 4.94. The topological polar surface area (TPSA) is 0 Å². The van der Waals surface area contributed by atoms with Gasteiger partial charge in [0.25, 0.3) is 0 Å². The van der Waals surface area contributed by atoms with Gasteiger partial charge in [-0.2, -0.15) is 0 Å². The summed E-state index contributed by atoms with van der Waals surface area (Å²) in [6.45, 7) is 2.22. The monoisotopic (exact) mass is 488 g/mol. The SMILES string of the molecule is CCCC1CCC(c2ccc(-c3ccc(C(F)=C(F)c4cc(F)c(F)c(F)c4)c(F)c3)cc2)CC1. The Balaban J connectivity index is 1.53. The Bertz CT molecular complexity index is 1200. The number of hydrogen-bond donors (Lipinski definition) is 0. The number of halogens is 6. The van der Waals surface area contributed by atoms with E-state index in [9.17, 15) is 26.3 Å². The Morgan fingerprint density at radius 3 is 1.89 bits per heavy atom. The first-order valence-corrected chi connectivity index (χ1v) is 11.9. The molecule has 0 aromatic heterocycles. The highest BCUT2D eigenvalue weighted by molar-refractivity contribution is 5.84. The van der Waals surface area contributed by atoms with Crippen molar-refractivity contribution >= 4 is 11.7 Å². The molecular formula is C29H26F6. The summed E-state index contributed by atoms with van der Waals surface area (Å²) in [7, 11) is 0. The minimum atomic E-state index is -1.80. The van der Waals surface area contributed by atoms with Crippen LogP contribution in [-0.2, 0) is 0 Å². The average Bonchev–Trinajstić information content (AvgIpc) is 2.87. The van der Waals surface area contributed by atoms with Crippen LogP contribution in [-0.4, -0.2) is 0 Å². The first-order valence-electron chi connectivity index (χ1n) is 11.9. The molecule has 0 heterocycles. The second-order valence-corrected chi connectivity index (χ2v) is 9.20. The number of hydrogen-bond acceptors (Lipinski definition) is 0. The van der Waals surface area contributed by atoms with Crippen LogP contribution in [0.4, 0.5) is 26.3 Å². The predicted octanol–water partition coefficient (Wildman–Crippen LogP) is 9.75. The van der Waals surface area contributed by atoms with Crippen molar-refractivity contribution in [3.63, 3.8) is 0 Å². The Morgan fingerprint density at radius 2 is 1.31 bits per heavy atom. The second-order valence-electron chi connectivity index (χ2n) is 9.20. The number of rotatable bonds is 6. The molecule has 4 rings (SSSR count). The largest absolute Gasteiger partial charge is 0.206 e. The molecule has 1 fully saturated rings. The highest BCUT2D eigenvalue weighted by atomic mass is 19.2. The van der Waals surface area contributed by atoms with E-state index in [1.165, 1.54) is 37.3 Å². The van der Waals surface area contributed by atoms with Crippen molar-refractivity contribution in [1.82, 2.24) is 0 Å². The summed E-state index contributed by atoms with van der Waals surface area (Å²) < 4.78 is 83.7. The van der Waals surface area contributed by atoms with Crippen molar-refractivity contribution in [1.29, 1.82) is 0 Å². The molecule has 0 amide bonds. The van der Waals surface area contributed by atoms with Crippen LogP contribution in [0.1, 0.15) is 68.1 Å². The minimum Gasteiger partial charge on any atom is -0.206 e. The van der Waals surface area contributed by atoms with Gasteiger partial charge in [-0.3, -0.25) is 0 Å². The maximum Gasteiger partial charge on any atom is 0.194 e. The standard InChI is InChI=1S/C29H26F6/c1-2-3-17-4-6-18(7-5-17)19-8-10-20(11-9-19)21-12-13-23(24(30)14-21)28(34)27(33)22-15-25(31)29(35)26(32)16-22/h8-18H,2-7H2,1H3. The van der Waals surface area contributed by atoms with Gasteiger partial charge in [0.15, 0.2) is 29.1 Å². The molecule has 6 heteroatoms. The molecular weight excluding hydrogens is 462 g/mol. The molecule has 0 unspecified atom stereocenters. The van der Waals surface area contributed by atoms with E-state index in [2.05, 4.69) is 6.92 Å². The molecule has 0 radical (unpaired) electrons. The van der Waals surface area contributed by atoms with E-state index < -0.39 is 46.0 Å². The zero-order valence-electron chi connectivity index (χ0n) is 19.4. The molecule has 0 saturated heterocycles. The Labute approximate surface area is 201 Å². The van der Waals surface area contributed by atoms with Crippen LogP contribution in [0, 0.1) is 29.2 Å². The first-order chi connectivity index (χ1) is 16.8. The van der Waals surface area contributed by atoms with E-state index in [1.807, 2.05) is 24.3 Å². The molecule has 0 aliphatic heterocycles. The van der Waals surface area contributed by atoms with Crippen LogP contribution >= 0.6 is 0 Å². The molecule has 1 aliphatic carbocycles. The normalized spacial score (nSPS) is 18.9. The zero-order valence-corrected chi connectivity index (χ0v) is 19.4. The van der Waals surface area contributed by atoms with E-state index >= 15 is 0 Å². The molecule has 3 aromatic rings. The van der Waals surface area contributed by atoms with Crippen LogP contribution in [0.2, 0.25) is 0 Å². The van der Waals surface area contributed by atoms with E-state index in [0.29, 0.717) is 23.6 Å². The van der Waals surface area contributed by atoms with E-state index in [-0.39, 0.29) is 0 Å². The highest BCUT2D eigenvalue weighted by Gasteiger charge is 2.22. The van der Waals surface area contributed by atoms with Crippen LogP contribution in [0.5, 0.6) is 0 Å². The summed E-state index contributed by atoms with van der Waals surface area (Å²) in [6, 6.07) is 12.1. The third kappa shape index (κ3) is 5.47. The lowest BCUT2D eigenvalue weighted by atomic mass is 9.77. The molecule has 1 saturated carbocycles. The van der Waals surface area contributed by atoms with Crippen LogP contribution < -0.4 is 0 Å². The van der Waals surface area contributed by atoms with Crippen molar-refractivity contribution in [3.05, 3.63) is 94.6 Å². The Hall–Kier alpha value is -3.02. The summed E-state index contributed by atoms with van der Waals surface area (Å²) in [6.07, 6.45) is 7.29. The molecule has 0 N–H and O–H groups in total. The summed E-state index contributed by atoms with van der Waals surface area (Å²) in [5.41, 5.74) is 0.900. The van der Waals surface area contributed by atoms with E-state index in [4.69, 9.17) is 0 Å². The van der Waals surface area contributed by atoms with E-state index in [1.54, 1.807) is 0 Å². The molecule has 0 nitrogen and oxygen atoms in total. The fraction of sp³-hybridized carbons (Fsp3) is 0.310. The van der Waals surface area contributed by atoms with Crippen molar-refractivity contribution in [2.24, 2.45) is 5.92 Å². The lowest BCUT2D eigenvalue weighted by Gasteiger charge is -2.28. The van der Waals surface area contributed by atoms with Crippen molar-refractivity contribution in [2.45, 2.75) is 51.4 Å². The quantitative estimate of drug-likeness (QED) is 0.184. The van der Waals surface area contributed by atoms with Gasteiger partial charge in [-0.15, -0.1) is 0 Å². The molecule has 0 atom stereocenters. The van der Waals surface area contributed by atoms with Crippen LogP contribution in [0.3, 0.4) is 0 Å². The Morgan fingerprint density at radius 1 is 0.714 bits per heavy atom. The van der Waals surface area contributed by atoms with E-state index in [0.717, 1.165) is 36.5 Å². The Kier molecular flexibility index (Phi) is 7.68. The third-order valence-electron chi connectivity index (χ3n) is 6.89. The van der Waals surface area contributed by atoms with Crippen molar-refractivity contribution in [2.75, 3.05) is 0 Å². The fourth-order valence-corrected chi connectivity index (χ4v) is 4.94. The second kappa shape index (κ2) is 10.7. The van der Waals surface area contributed by atoms with Gasteiger partial charge < -0.3 is 0 Å². The maximum absolute atomic E-state index is 14.7. The molecule has 0 bridgehead atoms. The average molecular weight is 489 g/mol.